The van der Waals surface area contributed by atoms with Gasteiger partial charge in [0, 0.05) is 5.56 Å². The highest BCUT2D eigenvalue weighted by molar-refractivity contribution is 5.87. The van der Waals surface area contributed by atoms with Gasteiger partial charge in [-0.15, -0.1) is 0 Å². The molecule has 1 aromatic rings. The fraction of sp³-hybridized carbons (Fsp3) is 0.400. The summed E-state index contributed by atoms with van der Waals surface area (Å²) in [5.41, 5.74) is 1.16. The predicted octanol–water partition coefficient (Wildman–Crippen LogP) is 2.65. The zero-order valence-corrected chi connectivity index (χ0v) is 11.6. The largest absolute Gasteiger partial charge is 0.493 e. The van der Waals surface area contributed by atoms with Gasteiger partial charge in [-0.25, -0.2) is 0 Å². The van der Waals surface area contributed by atoms with Crippen LogP contribution in [0, 0.1) is 6.92 Å². The van der Waals surface area contributed by atoms with Gasteiger partial charge in [-0.1, -0.05) is 13.5 Å². The number of rotatable bonds is 5. The van der Waals surface area contributed by atoms with Crippen LogP contribution in [-0.4, -0.2) is 12.5 Å². The Hall–Kier alpha value is -1.97. The fourth-order valence-electron chi connectivity index (χ4n) is 2.14. The molecule has 19 heavy (non-hydrogen) atoms. The molecule has 0 fully saturated rings. The third-order valence-electron chi connectivity index (χ3n) is 3.19. The summed E-state index contributed by atoms with van der Waals surface area (Å²) in [5, 5.41) is 2.77. The van der Waals surface area contributed by atoms with E-state index in [0.717, 1.165) is 29.0 Å². The van der Waals surface area contributed by atoms with Crippen LogP contribution in [0.4, 0.5) is 0 Å². The molecule has 1 amide bonds. The fourth-order valence-corrected chi connectivity index (χ4v) is 2.14. The van der Waals surface area contributed by atoms with Crippen LogP contribution in [0.3, 0.4) is 0 Å². The van der Waals surface area contributed by atoms with Crippen molar-refractivity contribution in [3.63, 3.8) is 0 Å². The van der Waals surface area contributed by atoms with Crippen molar-refractivity contribution < 1.29 is 14.3 Å². The van der Waals surface area contributed by atoms with Gasteiger partial charge in [0.2, 0.25) is 11.6 Å². The average Bonchev–Trinajstić information content (AvgIpc) is 2.38. The van der Waals surface area contributed by atoms with Crippen LogP contribution in [-0.2, 0) is 10.5 Å². The highest BCUT2D eigenvalue weighted by Crippen LogP contribution is 2.47. The van der Waals surface area contributed by atoms with Crippen molar-refractivity contribution in [2.75, 3.05) is 6.61 Å². The summed E-state index contributed by atoms with van der Waals surface area (Å²) in [6, 6.07) is 3.85. The number of ether oxygens (including phenoxy) is 2. The minimum absolute atomic E-state index is 0.253. The number of nitrogens with one attached hydrogen (secondary N) is 1. The molecule has 2 rings (SSSR count). The number of benzene rings is 1. The Labute approximate surface area is 113 Å². The Morgan fingerprint density at radius 2 is 2.32 bits per heavy atom. The Balaban J connectivity index is 2.22. The van der Waals surface area contributed by atoms with E-state index in [0.29, 0.717) is 6.61 Å². The first-order chi connectivity index (χ1) is 9.01. The van der Waals surface area contributed by atoms with Crippen LogP contribution in [0.2, 0.25) is 0 Å². The first-order valence-corrected chi connectivity index (χ1v) is 6.42. The molecule has 1 aliphatic heterocycles. The van der Waals surface area contributed by atoms with E-state index in [-0.39, 0.29) is 5.91 Å². The molecule has 4 nitrogen and oxygen atoms in total. The van der Waals surface area contributed by atoms with E-state index in [9.17, 15) is 4.79 Å². The van der Waals surface area contributed by atoms with Crippen molar-refractivity contribution in [3.8, 4) is 11.5 Å². The Kier molecular flexibility index (Phi) is 3.51. The lowest BCUT2D eigenvalue weighted by Crippen LogP contribution is -2.53. The second-order valence-corrected chi connectivity index (χ2v) is 4.74. The maximum Gasteiger partial charge on any atom is 0.246 e. The second-order valence-electron chi connectivity index (χ2n) is 4.74. The lowest BCUT2D eigenvalue weighted by atomic mass is 9.94. The van der Waals surface area contributed by atoms with E-state index < -0.39 is 5.72 Å². The Bertz CT molecular complexity index is 524. The Morgan fingerprint density at radius 3 is 2.95 bits per heavy atom. The topological polar surface area (TPSA) is 47.6 Å². The number of hydrogen-bond donors (Lipinski definition) is 1. The van der Waals surface area contributed by atoms with Gasteiger partial charge in [-0.05, 0) is 38.5 Å². The van der Waals surface area contributed by atoms with Gasteiger partial charge in [0.25, 0.3) is 0 Å². The van der Waals surface area contributed by atoms with Crippen molar-refractivity contribution in [1.29, 1.82) is 0 Å². The normalized spacial score (nSPS) is 19.7. The molecule has 1 aliphatic rings. The highest BCUT2D eigenvalue weighted by Gasteiger charge is 2.43. The number of carbonyl (C=O) groups excluding carboxylic acids is 1. The monoisotopic (exact) mass is 261 g/mol. The van der Waals surface area contributed by atoms with Gasteiger partial charge >= 0.3 is 0 Å². The third kappa shape index (κ3) is 2.30. The quantitative estimate of drug-likeness (QED) is 0.829. The van der Waals surface area contributed by atoms with Gasteiger partial charge in [0.1, 0.15) is 11.5 Å². The van der Waals surface area contributed by atoms with Crippen LogP contribution >= 0.6 is 0 Å². The Morgan fingerprint density at radius 1 is 1.58 bits per heavy atom. The molecule has 0 bridgehead atoms. The zero-order chi connectivity index (χ0) is 14.0. The van der Waals surface area contributed by atoms with Gasteiger partial charge in [-0.2, -0.15) is 0 Å². The number of carbonyl (C=O) groups is 1. The van der Waals surface area contributed by atoms with Crippen LogP contribution in [0.25, 0.3) is 0 Å². The SMILES string of the molecule is C=CC(=O)NC1(C)Oc2c1ccc(OCCC)c2C. The minimum atomic E-state index is -0.769. The first kappa shape index (κ1) is 13.5. The molecule has 0 saturated heterocycles. The van der Waals surface area contributed by atoms with Crippen molar-refractivity contribution >= 4 is 5.91 Å². The predicted molar refractivity (Wildman–Crippen MR) is 73.3 cm³/mol. The lowest BCUT2D eigenvalue weighted by Gasteiger charge is -2.42. The van der Waals surface area contributed by atoms with Crippen LogP contribution < -0.4 is 14.8 Å². The van der Waals surface area contributed by atoms with Crippen LogP contribution in [0.1, 0.15) is 31.4 Å². The molecule has 1 N–H and O–H groups in total. The van der Waals surface area contributed by atoms with Gasteiger partial charge < -0.3 is 14.8 Å². The van der Waals surface area contributed by atoms with E-state index in [1.54, 1.807) is 0 Å². The molecule has 0 aliphatic carbocycles. The summed E-state index contributed by atoms with van der Waals surface area (Å²) >= 11 is 0. The molecule has 1 heterocycles. The highest BCUT2D eigenvalue weighted by atomic mass is 16.5. The summed E-state index contributed by atoms with van der Waals surface area (Å²) < 4.78 is 11.4. The average molecular weight is 261 g/mol. The number of amides is 1. The molecular formula is C15H19NO3. The summed E-state index contributed by atoms with van der Waals surface area (Å²) in [5.74, 6) is 1.37. The molecule has 102 valence electrons. The molecular weight excluding hydrogens is 242 g/mol. The summed E-state index contributed by atoms with van der Waals surface area (Å²) in [6.45, 7) is 9.97. The van der Waals surface area contributed by atoms with Crippen molar-refractivity contribution in [2.24, 2.45) is 0 Å². The second kappa shape index (κ2) is 4.96. The number of fused-ring (bicyclic) bond motifs is 1. The standard InChI is InChI=1S/C15H19NO3/c1-5-9-18-12-8-7-11-14(10(12)3)19-15(11,4)16-13(17)6-2/h6-8H,2,5,9H2,1,3-4H3,(H,16,17). The summed E-state index contributed by atoms with van der Waals surface area (Å²) in [4.78, 5) is 11.4. The summed E-state index contributed by atoms with van der Waals surface area (Å²) in [7, 11) is 0. The van der Waals surface area contributed by atoms with Gasteiger partial charge in [0.15, 0.2) is 0 Å². The van der Waals surface area contributed by atoms with Crippen LogP contribution in [0.15, 0.2) is 24.8 Å². The summed E-state index contributed by atoms with van der Waals surface area (Å²) in [6.07, 6.45) is 2.20. The third-order valence-corrected chi connectivity index (χ3v) is 3.19. The van der Waals surface area contributed by atoms with E-state index in [1.165, 1.54) is 6.08 Å². The number of hydrogen-bond acceptors (Lipinski definition) is 3. The maximum atomic E-state index is 11.4. The molecule has 0 saturated carbocycles. The first-order valence-electron chi connectivity index (χ1n) is 6.42. The van der Waals surface area contributed by atoms with E-state index in [1.807, 2.05) is 26.0 Å². The van der Waals surface area contributed by atoms with Crippen LogP contribution in [0.5, 0.6) is 11.5 Å². The van der Waals surface area contributed by atoms with Crippen molar-refractivity contribution in [1.82, 2.24) is 5.32 Å². The van der Waals surface area contributed by atoms with E-state index in [4.69, 9.17) is 9.47 Å². The van der Waals surface area contributed by atoms with Gasteiger partial charge in [0.05, 0.1) is 12.2 Å². The van der Waals surface area contributed by atoms with Crippen molar-refractivity contribution in [3.05, 3.63) is 35.9 Å². The molecule has 0 radical (unpaired) electrons. The lowest BCUT2D eigenvalue weighted by molar-refractivity contribution is -0.124. The minimum Gasteiger partial charge on any atom is -0.493 e. The molecule has 0 spiro atoms. The zero-order valence-electron chi connectivity index (χ0n) is 11.6. The van der Waals surface area contributed by atoms with Crippen molar-refractivity contribution in [2.45, 2.75) is 32.9 Å². The smallest absolute Gasteiger partial charge is 0.246 e. The molecule has 1 unspecified atom stereocenters. The van der Waals surface area contributed by atoms with E-state index >= 15 is 0 Å². The molecule has 1 atom stereocenters. The molecule has 4 heteroatoms. The molecule has 1 aromatic carbocycles. The molecule has 0 aromatic heterocycles. The maximum absolute atomic E-state index is 11.4. The van der Waals surface area contributed by atoms with Gasteiger partial charge in [-0.3, -0.25) is 4.79 Å². The van der Waals surface area contributed by atoms with E-state index in [2.05, 4.69) is 18.8 Å².